The first kappa shape index (κ1) is 14.1. The summed E-state index contributed by atoms with van der Waals surface area (Å²) in [5.41, 5.74) is 1.64. The molecule has 1 atom stereocenters. The monoisotopic (exact) mass is 287 g/mol. The molecule has 0 unspecified atom stereocenters. The zero-order valence-corrected chi connectivity index (χ0v) is 12.3. The van der Waals surface area contributed by atoms with E-state index in [2.05, 4.69) is 15.3 Å². The van der Waals surface area contributed by atoms with Crippen LogP contribution in [0.15, 0.2) is 24.3 Å². The van der Waals surface area contributed by atoms with Crippen LogP contribution in [0.3, 0.4) is 0 Å². The van der Waals surface area contributed by atoms with Gasteiger partial charge in [-0.15, -0.1) is 0 Å². The Kier molecular flexibility index (Phi) is 4.50. The zero-order valence-electron chi connectivity index (χ0n) is 12.3. The van der Waals surface area contributed by atoms with E-state index in [0.29, 0.717) is 24.3 Å². The lowest BCUT2D eigenvalue weighted by molar-refractivity contribution is 0.236. The van der Waals surface area contributed by atoms with Crippen LogP contribution in [0.2, 0.25) is 0 Å². The van der Waals surface area contributed by atoms with E-state index in [1.54, 1.807) is 7.11 Å². The van der Waals surface area contributed by atoms with Crippen molar-refractivity contribution in [1.82, 2.24) is 15.3 Å². The van der Waals surface area contributed by atoms with Crippen LogP contribution >= 0.6 is 0 Å². The number of nitrogens with one attached hydrogen (secondary N) is 1. The van der Waals surface area contributed by atoms with Crippen LogP contribution < -0.4 is 14.8 Å². The summed E-state index contributed by atoms with van der Waals surface area (Å²) >= 11 is 0. The number of fused-ring (bicyclic) bond motifs is 1. The molecule has 0 spiro atoms. The normalized spacial score (nSPS) is 18.6. The summed E-state index contributed by atoms with van der Waals surface area (Å²) in [6, 6.07) is 7.73. The highest BCUT2D eigenvalue weighted by Crippen LogP contribution is 2.25. The van der Waals surface area contributed by atoms with Crippen molar-refractivity contribution in [1.29, 1.82) is 0 Å². The third-order valence-electron chi connectivity index (χ3n) is 3.87. The quantitative estimate of drug-likeness (QED) is 0.915. The molecule has 2 aromatic rings. The summed E-state index contributed by atoms with van der Waals surface area (Å²) in [7, 11) is 1.59. The SMILES string of the molecule is COc1nc2ccccc2nc1OCC[C@H]1CCCNC1. The summed E-state index contributed by atoms with van der Waals surface area (Å²) in [5, 5.41) is 3.42. The smallest absolute Gasteiger partial charge is 0.278 e. The van der Waals surface area contributed by atoms with Gasteiger partial charge < -0.3 is 14.8 Å². The molecule has 0 bridgehead atoms. The summed E-state index contributed by atoms with van der Waals surface area (Å²) in [6.07, 6.45) is 3.56. The standard InChI is InChI=1S/C16H21N3O2/c1-20-15-16(19-14-7-3-2-6-13(14)18-15)21-10-8-12-5-4-9-17-11-12/h2-3,6-7,12,17H,4-5,8-11H2,1H3/t12-/m1/s1. The van der Waals surface area contributed by atoms with Crippen molar-refractivity contribution in [2.75, 3.05) is 26.8 Å². The lowest BCUT2D eigenvalue weighted by Gasteiger charge is -2.22. The first-order valence-electron chi connectivity index (χ1n) is 7.51. The Morgan fingerprint density at radius 3 is 2.62 bits per heavy atom. The number of aromatic nitrogens is 2. The minimum atomic E-state index is 0.454. The van der Waals surface area contributed by atoms with Gasteiger partial charge in [-0.25, -0.2) is 9.97 Å². The fourth-order valence-electron chi connectivity index (χ4n) is 2.69. The zero-order chi connectivity index (χ0) is 14.5. The molecule has 0 aliphatic carbocycles. The molecular weight excluding hydrogens is 266 g/mol. The third kappa shape index (κ3) is 3.42. The molecular formula is C16H21N3O2. The van der Waals surface area contributed by atoms with E-state index >= 15 is 0 Å². The summed E-state index contributed by atoms with van der Waals surface area (Å²) < 4.78 is 11.1. The van der Waals surface area contributed by atoms with Crippen LogP contribution in [-0.4, -0.2) is 36.8 Å². The molecule has 1 aliphatic heterocycles. The van der Waals surface area contributed by atoms with Crippen molar-refractivity contribution in [3.63, 3.8) is 0 Å². The molecule has 1 aromatic carbocycles. The highest BCUT2D eigenvalue weighted by molar-refractivity contribution is 5.75. The number of piperidine rings is 1. The maximum atomic E-state index is 5.81. The largest absolute Gasteiger partial charge is 0.477 e. The van der Waals surface area contributed by atoms with E-state index in [9.17, 15) is 0 Å². The van der Waals surface area contributed by atoms with Gasteiger partial charge >= 0.3 is 0 Å². The second kappa shape index (κ2) is 6.72. The molecule has 5 nitrogen and oxygen atoms in total. The van der Waals surface area contributed by atoms with Crippen LogP contribution in [0.5, 0.6) is 11.8 Å². The summed E-state index contributed by atoms with van der Waals surface area (Å²) in [4.78, 5) is 8.94. The van der Waals surface area contributed by atoms with Crippen molar-refractivity contribution in [2.24, 2.45) is 5.92 Å². The highest BCUT2D eigenvalue weighted by Gasteiger charge is 2.15. The second-order valence-electron chi connectivity index (χ2n) is 5.38. The van der Waals surface area contributed by atoms with E-state index in [0.717, 1.165) is 30.5 Å². The molecule has 0 radical (unpaired) electrons. The molecule has 0 saturated carbocycles. The van der Waals surface area contributed by atoms with E-state index in [1.807, 2.05) is 24.3 Å². The molecule has 3 rings (SSSR count). The van der Waals surface area contributed by atoms with Gasteiger partial charge in [0.2, 0.25) is 0 Å². The molecule has 5 heteroatoms. The Morgan fingerprint density at radius 1 is 1.19 bits per heavy atom. The molecule has 112 valence electrons. The topological polar surface area (TPSA) is 56.3 Å². The molecule has 1 N–H and O–H groups in total. The number of benzene rings is 1. The predicted octanol–water partition coefficient (Wildman–Crippen LogP) is 2.41. The molecule has 1 fully saturated rings. The summed E-state index contributed by atoms with van der Waals surface area (Å²) in [5.74, 6) is 1.63. The van der Waals surface area contributed by atoms with Gasteiger partial charge in [0, 0.05) is 0 Å². The fraction of sp³-hybridized carbons (Fsp3) is 0.500. The number of para-hydroxylation sites is 2. The van der Waals surface area contributed by atoms with Gasteiger partial charge in [-0.05, 0) is 50.4 Å². The van der Waals surface area contributed by atoms with Gasteiger partial charge in [0.1, 0.15) is 0 Å². The lowest BCUT2D eigenvalue weighted by Crippen LogP contribution is -2.30. The van der Waals surface area contributed by atoms with Crippen LogP contribution in [0.25, 0.3) is 11.0 Å². The number of rotatable bonds is 5. The Balaban J connectivity index is 1.67. The average Bonchev–Trinajstić information content (AvgIpc) is 2.55. The number of ether oxygens (including phenoxy) is 2. The van der Waals surface area contributed by atoms with Crippen molar-refractivity contribution < 1.29 is 9.47 Å². The summed E-state index contributed by atoms with van der Waals surface area (Å²) in [6.45, 7) is 2.88. The molecule has 1 aliphatic rings. The minimum absolute atomic E-state index is 0.454. The first-order chi connectivity index (χ1) is 10.4. The van der Waals surface area contributed by atoms with Gasteiger partial charge in [-0.3, -0.25) is 0 Å². The van der Waals surface area contributed by atoms with E-state index in [4.69, 9.17) is 9.47 Å². The lowest BCUT2D eigenvalue weighted by atomic mass is 9.97. The molecule has 2 heterocycles. The van der Waals surface area contributed by atoms with Crippen LogP contribution in [0.4, 0.5) is 0 Å². The van der Waals surface area contributed by atoms with Gasteiger partial charge in [0.05, 0.1) is 24.8 Å². The van der Waals surface area contributed by atoms with Gasteiger partial charge in [0.25, 0.3) is 11.8 Å². The maximum absolute atomic E-state index is 5.81. The molecule has 1 saturated heterocycles. The Morgan fingerprint density at radius 2 is 1.95 bits per heavy atom. The maximum Gasteiger partial charge on any atom is 0.278 e. The van der Waals surface area contributed by atoms with Crippen molar-refractivity contribution >= 4 is 11.0 Å². The van der Waals surface area contributed by atoms with E-state index in [-0.39, 0.29) is 0 Å². The van der Waals surface area contributed by atoms with Crippen molar-refractivity contribution in [3.8, 4) is 11.8 Å². The van der Waals surface area contributed by atoms with Gasteiger partial charge in [-0.1, -0.05) is 12.1 Å². The minimum Gasteiger partial charge on any atom is -0.477 e. The van der Waals surface area contributed by atoms with Crippen LogP contribution in [0, 0.1) is 5.92 Å². The highest BCUT2D eigenvalue weighted by atomic mass is 16.5. The first-order valence-corrected chi connectivity index (χ1v) is 7.51. The Labute approximate surface area is 124 Å². The van der Waals surface area contributed by atoms with Gasteiger partial charge in [0.15, 0.2) is 0 Å². The van der Waals surface area contributed by atoms with Crippen molar-refractivity contribution in [3.05, 3.63) is 24.3 Å². The van der Waals surface area contributed by atoms with E-state index < -0.39 is 0 Å². The molecule has 21 heavy (non-hydrogen) atoms. The molecule has 1 aromatic heterocycles. The predicted molar refractivity (Wildman–Crippen MR) is 81.8 cm³/mol. The Hall–Kier alpha value is -1.88. The molecule has 0 amide bonds. The average molecular weight is 287 g/mol. The van der Waals surface area contributed by atoms with E-state index in [1.165, 1.54) is 12.8 Å². The number of nitrogens with zero attached hydrogens (tertiary/aromatic N) is 2. The Bertz CT molecular complexity index is 597. The second-order valence-corrected chi connectivity index (χ2v) is 5.38. The fourth-order valence-corrected chi connectivity index (χ4v) is 2.69. The number of methoxy groups -OCH3 is 1. The third-order valence-corrected chi connectivity index (χ3v) is 3.87. The number of hydrogen-bond donors (Lipinski definition) is 1. The van der Waals surface area contributed by atoms with Crippen LogP contribution in [0.1, 0.15) is 19.3 Å². The van der Waals surface area contributed by atoms with Gasteiger partial charge in [-0.2, -0.15) is 0 Å². The van der Waals surface area contributed by atoms with Crippen molar-refractivity contribution in [2.45, 2.75) is 19.3 Å². The number of hydrogen-bond acceptors (Lipinski definition) is 5. The van der Waals surface area contributed by atoms with Crippen LogP contribution in [-0.2, 0) is 0 Å².